The Balaban J connectivity index is 1.99. The van der Waals surface area contributed by atoms with Crippen molar-refractivity contribution in [2.45, 2.75) is 13.0 Å². The lowest BCUT2D eigenvalue weighted by Crippen LogP contribution is -2.15. The van der Waals surface area contributed by atoms with E-state index in [9.17, 15) is 9.59 Å². The minimum absolute atomic E-state index is 0.157. The largest absolute Gasteiger partial charge is 0.481 e. The zero-order valence-electron chi connectivity index (χ0n) is 16.1. The Morgan fingerprint density at radius 2 is 1.90 bits per heavy atom. The van der Waals surface area contributed by atoms with Gasteiger partial charge in [0.2, 0.25) is 0 Å². The van der Waals surface area contributed by atoms with Gasteiger partial charge in [-0.2, -0.15) is 0 Å². The second-order valence-corrected chi connectivity index (χ2v) is 6.46. The van der Waals surface area contributed by atoms with Crippen LogP contribution < -0.4 is 16.8 Å². The van der Waals surface area contributed by atoms with Gasteiger partial charge in [-0.1, -0.05) is 36.4 Å². The minimum Gasteiger partial charge on any atom is -0.481 e. The number of carbonyl (C=O) groups excluding carboxylic acids is 1. The number of anilines is 1. The van der Waals surface area contributed by atoms with E-state index in [0.717, 1.165) is 17.5 Å². The van der Waals surface area contributed by atoms with E-state index >= 15 is 0 Å². The number of hydrogen-bond acceptors (Lipinski definition) is 5. The Morgan fingerprint density at radius 3 is 2.63 bits per heavy atom. The number of aliphatic imine (C=N–C) groups is 1. The molecule has 1 amide bonds. The molecule has 0 fully saturated rings. The van der Waals surface area contributed by atoms with Gasteiger partial charge in [0.15, 0.2) is 5.82 Å². The Hall–Kier alpha value is -4.04. The fraction of sp³-hybridized carbons (Fsp3) is 0.0909. The maximum Gasteiger partial charge on any atom is 0.307 e. The van der Waals surface area contributed by atoms with Gasteiger partial charge in [0.1, 0.15) is 0 Å². The summed E-state index contributed by atoms with van der Waals surface area (Å²) in [7, 11) is 0. The molecule has 0 aliphatic heterocycles. The molecule has 0 unspecified atom stereocenters. The fourth-order valence-corrected chi connectivity index (χ4v) is 2.98. The minimum atomic E-state index is -0.992. The van der Waals surface area contributed by atoms with Gasteiger partial charge in [-0.15, -0.1) is 0 Å². The molecule has 3 aromatic rings. The van der Waals surface area contributed by atoms with Crippen molar-refractivity contribution in [2.24, 2.45) is 16.5 Å². The predicted octanol–water partition coefficient (Wildman–Crippen LogP) is 2.71. The van der Waals surface area contributed by atoms with Gasteiger partial charge in [-0.3, -0.25) is 9.59 Å². The third-order valence-electron chi connectivity index (χ3n) is 4.41. The second-order valence-electron chi connectivity index (χ2n) is 6.46. The van der Waals surface area contributed by atoms with Gasteiger partial charge < -0.3 is 21.9 Å². The van der Waals surface area contributed by atoms with Crippen molar-refractivity contribution in [1.29, 1.82) is 0 Å². The molecular weight excluding hydrogens is 382 g/mol. The number of amides is 1. The maximum absolute atomic E-state index is 13.0. The zero-order chi connectivity index (χ0) is 21.5. The van der Waals surface area contributed by atoms with Crippen LogP contribution in [0.15, 0.2) is 65.8 Å². The Bertz CT molecular complexity index is 1110. The summed E-state index contributed by atoms with van der Waals surface area (Å²) in [6.45, 7) is 0.393. The number of nitrogens with two attached hydrogens (primary N) is 2. The molecule has 152 valence electrons. The van der Waals surface area contributed by atoms with Crippen LogP contribution in [0.5, 0.6) is 0 Å². The third-order valence-corrected chi connectivity index (χ3v) is 4.41. The number of nitrogens with one attached hydrogen (secondary N) is 1. The first-order valence-electron chi connectivity index (χ1n) is 9.16. The van der Waals surface area contributed by atoms with Gasteiger partial charge in [0.05, 0.1) is 18.3 Å². The lowest BCUT2D eigenvalue weighted by molar-refractivity contribution is -0.136. The summed E-state index contributed by atoms with van der Waals surface area (Å²) in [5, 5.41) is 11.9. The molecule has 0 bridgehead atoms. The van der Waals surface area contributed by atoms with Crippen molar-refractivity contribution in [3.63, 3.8) is 0 Å². The first-order chi connectivity index (χ1) is 14.5. The first kappa shape index (κ1) is 20.7. The number of pyridine rings is 1. The molecule has 2 aromatic carbocycles. The molecule has 0 saturated heterocycles. The molecular formula is C22H21N5O3. The lowest BCUT2D eigenvalue weighted by atomic mass is 10.0. The summed E-state index contributed by atoms with van der Waals surface area (Å²) < 4.78 is 0. The van der Waals surface area contributed by atoms with Crippen LogP contribution in [-0.2, 0) is 17.8 Å². The quantitative estimate of drug-likeness (QED) is 0.353. The monoisotopic (exact) mass is 403 g/mol. The number of para-hydroxylation sites is 1. The average molecular weight is 403 g/mol. The van der Waals surface area contributed by atoms with E-state index in [1.54, 1.807) is 36.5 Å². The first-order valence-corrected chi connectivity index (χ1v) is 9.16. The molecule has 6 N–H and O–H groups in total. The van der Waals surface area contributed by atoms with Gasteiger partial charge in [0.25, 0.3) is 5.91 Å². The molecule has 0 spiro atoms. The van der Waals surface area contributed by atoms with E-state index in [1.165, 1.54) is 0 Å². The molecule has 30 heavy (non-hydrogen) atoms. The van der Waals surface area contributed by atoms with Crippen LogP contribution in [0.2, 0.25) is 0 Å². The van der Waals surface area contributed by atoms with E-state index in [2.05, 4.69) is 15.3 Å². The number of rotatable bonds is 7. The van der Waals surface area contributed by atoms with E-state index in [-0.39, 0.29) is 17.8 Å². The van der Waals surface area contributed by atoms with Crippen LogP contribution in [0.25, 0.3) is 11.1 Å². The van der Waals surface area contributed by atoms with Gasteiger partial charge >= 0.3 is 5.97 Å². The van der Waals surface area contributed by atoms with E-state index in [1.807, 2.05) is 24.3 Å². The second kappa shape index (κ2) is 9.44. The van der Waals surface area contributed by atoms with Gasteiger partial charge in [-0.25, -0.2) is 9.98 Å². The van der Waals surface area contributed by atoms with Crippen LogP contribution in [0, 0.1) is 0 Å². The fourth-order valence-electron chi connectivity index (χ4n) is 2.98. The van der Waals surface area contributed by atoms with Crippen molar-refractivity contribution < 1.29 is 14.7 Å². The number of aromatic nitrogens is 1. The topological polar surface area (TPSA) is 144 Å². The third kappa shape index (κ3) is 4.86. The van der Waals surface area contributed by atoms with Gasteiger partial charge in [0, 0.05) is 24.0 Å². The lowest BCUT2D eigenvalue weighted by Gasteiger charge is -2.12. The molecule has 0 radical (unpaired) electrons. The Kier molecular flexibility index (Phi) is 6.51. The molecule has 8 heteroatoms. The number of benzene rings is 2. The highest BCUT2D eigenvalue weighted by atomic mass is 16.4. The molecule has 0 atom stereocenters. The molecule has 0 saturated carbocycles. The van der Waals surface area contributed by atoms with Crippen LogP contribution in [0.1, 0.15) is 21.5 Å². The molecule has 1 heterocycles. The summed E-state index contributed by atoms with van der Waals surface area (Å²) >= 11 is 0. The number of aliphatic carboxylic acids is 1. The van der Waals surface area contributed by atoms with Crippen molar-refractivity contribution in [1.82, 2.24) is 4.98 Å². The summed E-state index contributed by atoms with van der Waals surface area (Å²) in [5.74, 6) is -1.31. The molecule has 0 aliphatic carbocycles. The molecule has 8 nitrogen and oxygen atoms in total. The number of carbonyl (C=O) groups is 2. The smallest absolute Gasteiger partial charge is 0.307 e. The normalized spacial score (nSPS) is 10.8. The highest BCUT2D eigenvalue weighted by molar-refractivity contribution is 6.08. The summed E-state index contributed by atoms with van der Waals surface area (Å²) in [6, 6.07) is 16.0. The highest BCUT2D eigenvalue weighted by Gasteiger charge is 2.16. The number of carboxylic acids is 1. The van der Waals surface area contributed by atoms with Crippen LogP contribution in [0.3, 0.4) is 0 Å². The number of nitrogens with zero attached hydrogens (tertiary/aromatic N) is 2. The number of hydrogen-bond donors (Lipinski definition) is 4. The molecule has 3 rings (SSSR count). The number of carboxylic acid groups (broad SMARTS) is 1. The summed E-state index contributed by atoms with van der Waals surface area (Å²) in [6.07, 6.45) is 2.45. The van der Waals surface area contributed by atoms with Crippen LogP contribution in [-0.4, -0.2) is 28.3 Å². The Morgan fingerprint density at radius 1 is 1.10 bits per heavy atom. The van der Waals surface area contributed by atoms with E-state index < -0.39 is 11.9 Å². The maximum atomic E-state index is 13.0. The van der Waals surface area contributed by atoms with Crippen LogP contribution >= 0.6 is 0 Å². The highest BCUT2D eigenvalue weighted by Crippen LogP contribution is 2.27. The summed E-state index contributed by atoms with van der Waals surface area (Å²) in [4.78, 5) is 32.4. The SMILES string of the molecule is N/C=N\c1ncc(-c2cccc(CN)c2)cc1C(=O)Nc1ccccc1CC(=O)O. The summed E-state index contributed by atoms with van der Waals surface area (Å²) in [5.41, 5.74) is 14.7. The Labute approximate surface area is 173 Å². The van der Waals surface area contributed by atoms with Crippen LogP contribution in [0.4, 0.5) is 11.5 Å². The van der Waals surface area contributed by atoms with Crippen molar-refractivity contribution in [2.75, 3.05) is 5.32 Å². The van der Waals surface area contributed by atoms with Crippen molar-refractivity contribution in [3.05, 3.63) is 77.5 Å². The van der Waals surface area contributed by atoms with E-state index in [0.29, 0.717) is 23.4 Å². The van der Waals surface area contributed by atoms with Crippen molar-refractivity contribution in [3.8, 4) is 11.1 Å². The van der Waals surface area contributed by atoms with Gasteiger partial charge in [-0.05, 0) is 34.9 Å². The zero-order valence-corrected chi connectivity index (χ0v) is 16.1. The molecule has 1 aromatic heterocycles. The van der Waals surface area contributed by atoms with Crippen molar-refractivity contribution >= 4 is 29.7 Å². The predicted molar refractivity (Wildman–Crippen MR) is 116 cm³/mol. The average Bonchev–Trinajstić information content (AvgIpc) is 2.75. The standard InChI is InChI=1S/C22H21N5O3/c23-11-14-4-3-6-15(8-14)17-9-18(21(25-12-17)26-13-24)22(30)27-19-7-2-1-5-16(19)10-20(28)29/h1-9,12-13H,10-11,23H2,(H,27,30)(H,28,29)(H2,24,25,26). The van der Waals surface area contributed by atoms with E-state index in [4.69, 9.17) is 16.6 Å². The molecule has 0 aliphatic rings.